The van der Waals surface area contributed by atoms with Crippen LogP contribution in [0.4, 0.5) is 5.69 Å². The first-order valence-corrected chi connectivity index (χ1v) is 13.3. The molecule has 11 heteroatoms. The monoisotopic (exact) mass is 481 g/mol. The maximum Gasteiger partial charge on any atom is 0.275 e. The fourth-order valence-corrected chi connectivity index (χ4v) is 5.61. The number of hydrogen-bond donors (Lipinski definition) is 1. The van der Waals surface area contributed by atoms with Crippen molar-refractivity contribution < 1.29 is 22.7 Å². The van der Waals surface area contributed by atoms with Gasteiger partial charge >= 0.3 is 0 Å². The number of hydrogen-bond acceptors (Lipinski definition) is 8. The van der Waals surface area contributed by atoms with Crippen molar-refractivity contribution in [2.24, 2.45) is 0 Å². The molecule has 0 aliphatic carbocycles. The molecule has 2 saturated heterocycles. The molecule has 184 valence electrons. The first-order chi connectivity index (χ1) is 15.8. The highest BCUT2D eigenvalue weighted by Gasteiger charge is 2.33. The van der Waals surface area contributed by atoms with E-state index >= 15 is 0 Å². The number of fused-ring (bicyclic) bond motifs is 1. The smallest absolute Gasteiger partial charge is 0.275 e. The molecule has 2 fully saturated rings. The first-order valence-electron chi connectivity index (χ1n) is 11.6. The van der Waals surface area contributed by atoms with E-state index in [2.05, 4.69) is 22.3 Å². The van der Waals surface area contributed by atoms with E-state index < -0.39 is 16.1 Å². The second kappa shape index (κ2) is 10.0. The van der Waals surface area contributed by atoms with Crippen LogP contribution in [0.2, 0.25) is 0 Å². The molecule has 1 atom stereocenters. The fourth-order valence-electron chi connectivity index (χ4n) is 4.53. The molecule has 0 saturated carbocycles. The summed E-state index contributed by atoms with van der Waals surface area (Å²) >= 11 is 0. The van der Waals surface area contributed by atoms with Crippen molar-refractivity contribution in [2.75, 3.05) is 77.2 Å². The van der Waals surface area contributed by atoms with Gasteiger partial charge in [-0.05, 0) is 32.9 Å². The van der Waals surface area contributed by atoms with Gasteiger partial charge in [-0.15, -0.1) is 0 Å². The summed E-state index contributed by atoms with van der Waals surface area (Å²) in [7, 11) is 0.585. The summed E-state index contributed by atoms with van der Waals surface area (Å²) in [6.45, 7) is 7.02. The van der Waals surface area contributed by atoms with Crippen molar-refractivity contribution in [1.82, 2.24) is 19.6 Å². The summed E-state index contributed by atoms with van der Waals surface area (Å²) in [5.74, 6) is 1.47. The van der Waals surface area contributed by atoms with Crippen LogP contribution in [0, 0.1) is 0 Å². The van der Waals surface area contributed by atoms with Crippen LogP contribution < -0.4 is 19.8 Å². The molecule has 4 rings (SSSR count). The number of sulfonamides is 1. The lowest BCUT2D eigenvalue weighted by atomic mass is 9.99. The number of likely N-dealkylation sites (N-methyl/N-ethyl adjacent to an activating group) is 1. The largest absolute Gasteiger partial charge is 0.497 e. The van der Waals surface area contributed by atoms with Crippen molar-refractivity contribution >= 4 is 21.6 Å². The topological polar surface area (TPSA) is 94.7 Å². The standard InChI is InChI=1S/C22H35N5O5S/c1-4-33(29,30)27-13-11-26(12-14-27)23-22(28)20-6-5-17-15-18(31-3)16-19(21(17)32-20)25-9-7-24(2)8-10-25/h15-16,20H,4-14H2,1-3H3,(H,23,28). The molecule has 0 aromatic heterocycles. The number of methoxy groups -OCH3 is 1. The number of hydrazine groups is 1. The number of rotatable bonds is 6. The van der Waals surface area contributed by atoms with E-state index in [4.69, 9.17) is 9.47 Å². The Kier molecular flexibility index (Phi) is 7.32. The molecular formula is C22H35N5O5S. The van der Waals surface area contributed by atoms with Crippen molar-refractivity contribution in [3.8, 4) is 11.5 Å². The Bertz CT molecular complexity index is 956. The van der Waals surface area contributed by atoms with E-state index in [1.165, 1.54) is 4.31 Å². The number of piperazine rings is 2. The van der Waals surface area contributed by atoms with Crippen molar-refractivity contribution in [2.45, 2.75) is 25.9 Å². The number of amides is 1. The fraction of sp³-hybridized carbons (Fsp3) is 0.682. The van der Waals surface area contributed by atoms with Gasteiger partial charge in [-0.25, -0.2) is 13.4 Å². The van der Waals surface area contributed by atoms with Gasteiger partial charge < -0.3 is 19.3 Å². The number of benzene rings is 1. The minimum Gasteiger partial charge on any atom is -0.497 e. The summed E-state index contributed by atoms with van der Waals surface area (Å²) in [4.78, 5) is 17.6. The number of aryl methyl sites for hydroxylation is 1. The van der Waals surface area contributed by atoms with Gasteiger partial charge in [0.25, 0.3) is 5.91 Å². The van der Waals surface area contributed by atoms with E-state index in [0.29, 0.717) is 32.6 Å². The molecule has 0 radical (unpaired) electrons. The number of carbonyl (C=O) groups excluding carboxylic acids is 1. The lowest BCUT2D eigenvalue weighted by Crippen LogP contribution is -2.57. The highest BCUT2D eigenvalue weighted by atomic mass is 32.2. The third-order valence-corrected chi connectivity index (χ3v) is 8.57. The number of ether oxygens (including phenoxy) is 2. The maximum absolute atomic E-state index is 13.0. The molecule has 1 amide bonds. The van der Waals surface area contributed by atoms with Gasteiger partial charge in [-0.1, -0.05) is 0 Å². The predicted octanol–water partition coefficient (Wildman–Crippen LogP) is 0.139. The molecule has 3 aliphatic rings. The van der Waals surface area contributed by atoms with Crippen LogP contribution in [0.15, 0.2) is 12.1 Å². The predicted molar refractivity (Wildman–Crippen MR) is 126 cm³/mol. The number of nitrogens with one attached hydrogen (secondary N) is 1. The van der Waals surface area contributed by atoms with E-state index in [0.717, 1.165) is 55.3 Å². The Balaban J connectivity index is 1.42. The van der Waals surface area contributed by atoms with Crippen LogP contribution in [0.1, 0.15) is 18.9 Å². The van der Waals surface area contributed by atoms with Crippen LogP contribution >= 0.6 is 0 Å². The van der Waals surface area contributed by atoms with Gasteiger partial charge in [0.15, 0.2) is 6.10 Å². The van der Waals surface area contributed by atoms with E-state index in [9.17, 15) is 13.2 Å². The Morgan fingerprint density at radius 2 is 1.82 bits per heavy atom. The Morgan fingerprint density at radius 3 is 2.45 bits per heavy atom. The first kappa shape index (κ1) is 24.1. The zero-order valence-corrected chi connectivity index (χ0v) is 20.6. The van der Waals surface area contributed by atoms with E-state index in [-0.39, 0.29) is 11.7 Å². The molecule has 1 aromatic carbocycles. The SMILES string of the molecule is CCS(=O)(=O)N1CCN(NC(=O)C2CCc3cc(OC)cc(N4CCN(C)CC4)c3O2)CC1. The highest BCUT2D eigenvalue weighted by Crippen LogP contribution is 2.41. The normalized spacial score (nSPS) is 23.0. The lowest BCUT2D eigenvalue weighted by Gasteiger charge is -2.38. The Labute approximate surface area is 196 Å². The third-order valence-electron chi connectivity index (χ3n) is 6.69. The molecule has 1 aromatic rings. The molecule has 3 aliphatic heterocycles. The minimum absolute atomic E-state index is 0.0924. The van der Waals surface area contributed by atoms with Crippen molar-refractivity contribution in [3.63, 3.8) is 0 Å². The van der Waals surface area contributed by atoms with Gasteiger partial charge in [-0.2, -0.15) is 4.31 Å². The summed E-state index contributed by atoms with van der Waals surface area (Å²) in [6.07, 6.45) is 0.723. The molecule has 33 heavy (non-hydrogen) atoms. The minimum atomic E-state index is -3.20. The Hall–Kier alpha value is -2.08. The number of anilines is 1. The lowest BCUT2D eigenvalue weighted by molar-refractivity contribution is -0.134. The average Bonchev–Trinajstić information content (AvgIpc) is 2.83. The van der Waals surface area contributed by atoms with E-state index in [1.54, 1.807) is 19.0 Å². The highest BCUT2D eigenvalue weighted by molar-refractivity contribution is 7.89. The zero-order chi connectivity index (χ0) is 23.6. The Morgan fingerprint density at radius 1 is 1.12 bits per heavy atom. The zero-order valence-electron chi connectivity index (χ0n) is 19.7. The summed E-state index contributed by atoms with van der Waals surface area (Å²) in [6, 6.07) is 3.99. The maximum atomic E-state index is 13.0. The van der Waals surface area contributed by atoms with Gasteiger partial charge in [0.2, 0.25) is 10.0 Å². The van der Waals surface area contributed by atoms with Gasteiger partial charge in [0.1, 0.15) is 11.5 Å². The molecule has 10 nitrogen and oxygen atoms in total. The van der Waals surface area contributed by atoms with Crippen LogP contribution in [0.3, 0.4) is 0 Å². The second-order valence-corrected chi connectivity index (χ2v) is 11.1. The molecule has 1 N–H and O–H groups in total. The summed E-state index contributed by atoms with van der Waals surface area (Å²) in [5.41, 5.74) is 4.98. The summed E-state index contributed by atoms with van der Waals surface area (Å²) in [5, 5.41) is 1.79. The molecule has 0 bridgehead atoms. The van der Waals surface area contributed by atoms with Crippen LogP contribution in [-0.4, -0.2) is 107 Å². The second-order valence-electron chi connectivity index (χ2n) is 8.83. The van der Waals surface area contributed by atoms with Gasteiger partial charge in [0, 0.05) is 64.0 Å². The quantitative estimate of drug-likeness (QED) is 0.613. The van der Waals surface area contributed by atoms with Crippen LogP contribution in [0.5, 0.6) is 11.5 Å². The molecular weight excluding hydrogens is 446 g/mol. The average molecular weight is 482 g/mol. The van der Waals surface area contributed by atoms with Crippen LogP contribution in [0.25, 0.3) is 0 Å². The molecule has 1 unspecified atom stereocenters. The summed E-state index contributed by atoms with van der Waals surface area (Å²) < 4.78 is 37.4. The molecule has 3 heterocycles. The van der Waals surface area contributed by atoms with Gasteiger partial charge in [-0.3, -0.25) is 10.2 Å². The van der Waals surface area contributed by atoms with Gasteiger partial charge in [0.05, 0.1) is 18.6 Å². The third kappa shape index (κ3) is 5.37. The molecule has 0 spiro atoms. The van der Waals surface area contributed by atoms with E-state index in [1.807, 2.05) is 12.1 Å². The number of nitrogens with zero attached hydrogens (tertiary/aromatic N) is 4. The number of carbonyl (C=O) groups is 1. The van der Waals surface area contributed by atoms with Crippen LogP contribution in [-0.2, 0) is 21.2 Å². The van der Waals surface area contributed by atoms with Crippen molar-refractivity contribution in [1.29, 1.82) is 0 Å². The van der Waals surface area contributed by atoms with Crippen molar-refractivity contribution in [3.05, 3.63) is 17.7 Å².